The summed E-state index contributed by atoms with van der Waals surface area (Å²) in [5, 5.41) is 0.322. The van der Waals surface area contributed by atoms with Gasteiger partial charge in [-0.3, -0.25) is 4.79 Å². The molecule has 0 aliphatic carbocycles. The van der Waals surface area contributed by atoms with Crippen molar-refractivity contribution in [2.45, 2.75) is 6.42 Å². The Hall–Kier alpha value is -1.74. The minimum absolute atomic E-state index is 0.111. The van der Waals surface area contributed by atoms with E-state index in [1.165, 1.54) is 24.3 Å². The Kier molecular flexibility index (Phi) is 3.49. The van der Waals surface area contributed by atoms with Crippen LogP contribution < -0.4 is 0 Å². The number of carbonyl (C=O) groups excluding carboxylic acids is 1. The molecule has 0 amide bonds. The van der Waals surface area contributed by atoms with E-state index in [0.29, 0.717) is 16.3 Å². The summed E-state index contributed by atoms with van der Waals surface area (Å²) in [7, 11) is 0. The van der Waals surface area contributed by atoms with Crippen molar-refractivity contribution in [3.63, 3.8) is 0 Å². The molecule has 0 saturated heterocycles. The van der Waals surface area contributed by atoms with E-state index in [0.717, 1.165) is 0 Å². The fourth-order valence-corrected chi connectivity index (χ4v) is 1.65. The van der Waals surface area contributed by atoms with Gasteiger partial charge in [-0.2, -0.15) is 0 Å². The fraction of sp³-hybridized carbons (Fsp3) is 0.0769. The Morgan fingerprint density at radius 1 is 1.24 bits per heavy atom. The summed E-state index contributed by atoms with van der Waals surface area (Å²) in [4.78, 5) is 15.8. The standard InChI is InChI=1S/C13H9ClFNO/c14-13-10(2-1-7-16-13)8-12(17)9-3-5-11(15)6-4-9/h1-7H,8H2. The molecule has 0 bridgehead atoms. The van der Waals surface area contributed by atoms with E-state index in [-0.39, 0.29) is 18.0 Å². The Labute approximate surface area is 103 Å². The lowest BCUT2D eigenvalue weighted by Crippen LogP contribution is -2.04. The van der Waals surface area contributed by atoms with Crippen molar-refractivity contribution < 1.29 is 9.18 Å². The van der Waals surface area contributed by atoms with Crippen molar-refractivity contribution in [2.24, 2.45) is 0 Å². The Balaban J connectivity index is 2.17. The van der Waals surface area contributed by atoms with Crippen LogP contribution in [0.4, 0.5) is 4.39 Å². The molecule has 2 rings (SSSR count). The van der Waals surface area contributed by atoms with Crippen LogP contribution in [0.15, 0.2) is 42.6 Å². The monoisotopic (exact) mass is 249 g/mol. The van der Waals surface area contributed by atoms with E-state index >= 15 is 0 Å². The van der Waals surface area contributed by atoms with Gasteiger partial charge in [0.1, 0.15) is 11.0 Å². The van der Waals surface area contributed by atoms with Gasteiger partial charge >= 0.3 is 0 Å². The second-order valence-electron chi connectivity index (χ2n) is 3.56. The molecular weight excluding hydrogens is 241 g/mol. The summed E-state index contributed by atoms with van der Waals surface area (Å²) in [6.07, 6.45) is 1.73. The maximum atomic E-state index is 12.7. The molecule has 4 heteroatoms. The molecule has 0 spiro atoms. The zero-order valence-corrected chi connectivity index (χ0v) is 9.62. The van der Waals surface area contributed by atoms with Gasteiger partial charge in [0.05, 0.1) is 0 Å². The minimum Gasteiger partial charge on any atom is -0.294 e. The van der Waals surface area contributed by atoms with Gasteiger partial charge in [-0.15, -0.1) is 0 Å². The van der Waals surface area contributed by atoms with E-state index in [9.17, 15) is 9.18 Å². The van der Waals surface area contributed by atoms with Gasteiger partial charge in [0, 0.05) is 18.2 Å². The van der Waals surface area contributed by atoms with Crippen molar-refractivity contribution >= 4 is 17.4 Å². The van der Waals surface area contributed by atoms with Crippen LogP contribution in [0.1, 0.15) is 15.9 Å². The van der Waals surface area contributed by atoms with Crippen molar-refractivity contribution in [3.05, 3.63) is 64.7 Å². The topological polar surface area (TPSA) is 30.0 Å². The smallest absolute Gasteiger partial charge is 0.167 e. The van der Waals surface area contributed by atoms with Crippen LogP contribution >= 0.6 is 11.6 Å². The number of hydrogen-bond donors (Lipinski definition) is 0. The van der Waals surface area contributed by atoms with E-state index in [4.69, 9.17) is 11.6 Å². The first-order valence-corrected chi connectivity index (χ1v) is 5.43. The average molecular weight is 250 g/mol. The largest absolute Gasteiger partial charge is 0.294 e. The predicted molar refractivity (Wildman–Crippen MR) is 63.7 cm³/mol. The molecule has 86 valence electrons. The summed E-state index contributed by atoms with van der Waals surface area (Å²) in [6, 6.07) is 8.91. The van der Waals surface area contributed by atoms with Crippen molar-refractivity contribution in [3.8, 4) is 0 Å². The average Bonchev–Trinajstić information content (AvgIpc) is 2.33. The van der Waals surface area contributed by atoms with Crippen LogP contribution in [0.2, 0.25) is 5.15 Å². The lowest BCUT2D eigenvalue weighted by atomic mass is 10.0. The molecule has 0 fully saturated rings. The Morgan fingerprint density at radius 3 is 2.59 bits per heavy atom. The third-order valence-electron chi connectivity index (χ3n) is 2.35. The highest BCUT2D eigenvalue weighted by atomic mass is 35.5. The minimum atomic E-state index is -0.360. The van der Waals surface area contributed by atoms with Gasteiger partial charge in [-0.1, -0.05) is 17.7 Å². The number of halogens is 2. The molecule has 17 heavy (non-hydrogen) atoms. The third kappa shape index (κ3) is 2.88. The fourth-order valence-electron chi connectivity index (χ4n) is 1.46. The number of pyridine rings is 1. The van der Waals surface area contributed by atoms with Gasteiger partial charge in [0.2, 0.25) is 0 Å². The molecule has 1 heterocycles. The molecule has 0 aliphatic heterocycles. The molecule has 0 atom stereocenters. The second kappa shape index (κ2) is 5.06. The van der Waals surface area contributed by atoms with Crippen LogP contribution in [0.25, 0.3) is 0 Å². The number of nitrogens with zero attached hydrogens (tertiary/aromatic N) is 1. The third-order valence-corrected chi connectivity index (χ3v) is 2.69. The second-order valence-corrected chi connectivity index (χ2v) is 3.92. The SMILES string of the molecule is O=C(Cc1cccnc1Cl)c1ccc(F)cc1. The van der Waals surface area contributed by atoms with Gasteiger partial charge in [0.15, 0.2) is 5.78 Å². The summed E-state index contributed by atoms with van der Waals surface area (Å²) < 4.78 is 12.7. The molecule has 2 nitrogen and oxygen atoms in total. The maximum Gasteiger partial charge on any atom is 0.167 e. The number of benzene rings is 1. The lowest BCUT2D eigenvalue weighted by Gasteiger charge is -2.02. The number of carbonyl (C=O) groups is 1. The Bertz CT molecular complexity index is 539. The maximum absolute atomic E-state index is 12.7. The first-order chi connectivity index (χ1) is 8.16. The highest BCUT2D eigenvalue weighted by Crippen LogP contribution is 2.15. The first kappa shape index (κ1) is 11.7. The van der Waals surface area contributed by atoms with Crippen LogP contribution in [0.3, 0.4) is 0 Å². The number of hydrogen-bond acceptors (Lipinski definition) is 2. The van der Waals surface area contributed by atoms with E-state index in [1.807, 2.05) is 0 Å². The van der Waals surface area contributed by atoms with Crippen LogP contribution in [-0.2, 0) is 6.42 Å². The highest BCUT2D eigenvalue weighted by Gasteiger charge is 2.09. The zero-order chi connectivity index (χ0) is 12.3. The van der Waals surface area contributed by atoms with Gasteiger partial charge in [-0.05, 0) is 35.9 Å². The normalized spacial score (nSPS) is 10.2. The quantitative estimate of drug-likeness (QED) is 0.617. The highest BCUT2D eigenvalue weighted by molar-refractivity contribution is 6.30. The molecule has 1 aromatic heterocycles. The molecule has 0 aliphatic rings. The van der Waals surface area contributed by atoms with E-state index < -0.39 is 0 Å². The van der Waals surface area contributed by atoms with Crippen molar-refractivity contribution in [1.82, 2.24) is 4.98 Å². The molecule has 1 aromatic carbocycles. The Morgan fingerprint density at radius 2 is 1.94 bits per heavy atom. The van der Waals surface area contributed by atoms with E-state index in [2.05, 4.69) is 4.98 Å². The van der Waals surface area contributed by atoms with Crippen LogP contribution in [0.5, 0.6) is 0 Å². The molecule has 0 unspecified atom stereocenters. The lowest BCUT2D eigenvalue weighted by molar-refractivity contribution is 0.0993. The van der Waals surface area contributed by atoms with Gasteiger partial charge in [0.25, 0.3) is 0 Å². The van der Waals surface area contributed by atoms with Crippen molar-refractivity contribution in [2.75, 3.05) is 0 Å². The first-order valence-electron chi connectivity index (χ1n) is 5.05. The molecule has 0 N–H and O–H groups in total. The van der Waals surface area contributed by atoms with Gasteiger partial charge < -0.3 is 0 Å². The van der Waals surface area contributed by atoms with Crippen molar-refractivity contribution in [1.29, 1.82) is 0 Å². The zero-order valence-electron chi connectivity index (χ0n) is 8.86. The molecule has 0 radical (unpaired) electrons. The number of ketones is 1. The summed E-state index contributed by atoms with van der Waals surface area (Å²) >= 11 is 5.86. The molecular formula is C13H9ClFNO. The van der Waals surface area contributed by atoms with E-state index in [1.54, 1.807) is 18.3 Å². The molecule has 0 saturated carbocycles. The van der Waals surface area contributed by atoms with Crippen LogP contribution in [0, 0.1) is 5.82 Å². The predicted octanol–water partition coefficient (Wildman–Crippen LogP) is 3.30. The van der Waals surface area contributed by atoms with Crippen LogP contribution in [-0.4, -0.2) is 10.8 Å². The number of Topliss-reactive ketones (excluding diaryl/α,β-unsaturated/α-hetero) is 1. The number of rotatable bonds is 3. The summed E-state index contributed by atoms with van der Waals surface area (Å²) in [6.45, 7) is 0. The summed E-state index contributed by atoms with van der Waals surface area (Å²) in [5.74, 6) is -0.471. The molecule has 2 aromatic rings. The summed E-state index contributed by atoms with van der Waals surface area (Å²) in [5.41, 5.74) is 1.13. The van der Waals surface area contributed by atoms with Gasteiger partial charge in [-0.25, -0.2) is 9.37 Å². The number of aromatic nitrogens is 1.